The number of rotatable bonds is 3. The van der Waals surface area contributed by atoms with Gasteiger partial charge in [0.2, 0.25) is 0 Å². The molecule has 1 atom stereocenters. The van der Waals surface area contributed by atoms with Gasteiger partial charge in [0.05, 0.1) is 5.02 Å². The summed E-state index contributed by atoms with van der Waals surface area (Å²) in [7, 11) is 0. The SMILES string of the molecule is CC(N)c1ccc(OCC(F)(F)F)c(Cl)c1.Cl. The lowest BCUT2D eigenvalue weighted by atomic mass is 10.1. The number of benzene rings is 1. The highest BCUT2D eigenvalue weighted by atomic mass is 35.5. The third-order valence-corrected chi connectivity index (χ3v) is 2.17. The van der Waals surface area contributed by atoms with Crippen LogP contribution < -0.4 is 10.5 Å². The molecule has 0 aliphatic carbocycles. The lowest BCUT2D eigenvalue weighted by Crippen LogP contribution is -2.19. The Morgan fingerprint density at radius 2 is 2.00 bits per heavy atom. The Morgan fingerprint density at radius 1 is 1.41 bits per heavy atom. The molecule has 1 aromatic carbocycles. The first-order valence-electron chi connectivity index (χ1n) is 4.54. The second-order valence-electron chi connectivity index (χ2n) is 3.38. The van der Waals surface area contributed by atoms with Gasteiger partial charge in [-0.2, -0.15) is 13.2 Å². The van der Waals surface area contributed by atoms with Gasteiger partial charge in [-0.25, -0.2) is 0 Å². The molecule has 0 amide bonds. The molecule has 0 aliphatic rings. The van der Waals surface area contributed by atoms with E-state index < -0.39 is 12.8 Å². The van der Waals surface area contributed by atoms with E-state index in [9.17, 15) is 13.2 Å². The number of ether oxygens (including phenoxy) is 1. The summed E-state index contributed by atoms with van der Waals surface area (Å²) in [5.74, 6) is 0.00314. The van der Waals surface area contributed by atoms with E-state index in [1.807, 2.05) is 0 Å². The zero-order chi connectivity index (χ0) is 12.3. The fourth-order valence-corrected chi connectivity index (χ4v) is 1.32. The van der Waals surface area contributed by atoms with Crippen molar-refractivity contribution in [2.45, 2.75) is 19.1 Å². The van der Waals surface area contributed by atoms with Crippen molar-refractivity contribution in [1.82, 2.24) is 0 Å². The van der Waals surface area contributed by atoms with Crippen LogP contribution in [-0.4, -0.2) is 12.8 Å². The average Bonchev–Trinajstić information content (AvgIpc) is 2.14. The highest BCUT2D eigenvalue weighted by Gasteiger charge is 2.28. The van der Waals surface area contributed by atoms with Crippen molar-refractivity contribution in [3.63, 3.8) is 0 Å². The van der Waals surface area contributed by atoms with Gasteiger partial charge in [-0.05, 0) is 24.6 Å². The quantitative estimate of drug-likeness (QED) is 0.920. The minimum Gasteiger partial charge on any atom is -0.483 e. The zero-order valence-corrected chi connectivity index (χ0v) is 10.5. The molecule has 1 aromatic rings. The molecule has 7 heteroatoms. The Labute approximate surface area is 108 Å². The summed E-state index contributed by atoms with van der Waals surface area (Å²) in [5.41, 5.74) is 6.34. The molecule has 0 saturated carbocycles. The molecule has 0 saturated heterocycles. The molecule has 2 nitrogen and oxygen atoms in total. The Balaban J connectivity index is 0.00000256. The summed E-state index contributed by atoms with van der Waals surface area (Å²) in [6, 6.07) is 4.24. The summed E-state index contributed by atoms with van der Waals surface area (Å²) in [6.07, 6.45) is -4.37. The second-order valence-corrected chi connectivity index (χ2v) is 3.79. The van der Waals surface area contributed by atoms with Crippen LogP contribution in [0.2, 0.25) is 5.02 Å². The van der Waals surface area contributed by atoms with Crippen LogP contribution in [0, 0.1) is 0 Å². The van der Waals surface area contributed by atoms with E-state index in [2.05, 4.69) is 4.74 Å². The molecule has 17 heavy (non-hydrogen) atoms. The Kier molecular flexibility index (Phi) is 6.09. The van der Waals surface area contributed by atoms with Crippen LogP contribution in [0.1, 0.15) is 18.5 Å². The predicted molar refractivity (Wildman–Crippen MR) is 62.9 cm³/mol. The molecule has 0 radical (unpaired) electrons. The van der Waals surface area contributed by atoms with E-state index in [1.165, 1.54) is 12.1 Å². The van der Waals surface area contributed by atoms with E-state index in [0.717, 1.165) is 5.56 Å². The molecule has 0 heterocycles. The van der Waals surface area contributed by atoms with Crippen molar-refractivity contribution in [1.29, 1.82) is 0 Å². The number of hydrogen-bond donors (Lipinski definition) is 1. The summed E-state index contributed by atoms with van der Waals surface area (Å²) in [5, 5.41) is 0.124. The normalized spacial score (nSPS) is 12.8. The van der Waals surface area contributed by atoms with E-state index >= 15 is 0 Å². The minimum absolute atomic E-state index is 0. The maximum atomic E-state index is 11.9. The van der Waals surface area contributed by atoms with E-state index in [4.69, 9.17) is 17.3 Å². The zero-order valence-electron chi connectivity index (χ0n) is 8.92. The first-order chi connectivity index (χ1) is 7.29. The number of hydrogen-bond acceptors (Lipinski definition) is 2. The van der Waals surface area contributed by atoms with Gasteiger partial charge in [0.15, 0.2) is 6.61 Å². The fraction of sp³-hybridized carbons (Fsp3) is 0.400. The molecule has 2 N–H and O–H groups in total. The van der Waals surface area contributed by atoms with E-state index in [0.29, 0.717) is 0 Å². The van der Waals surface area contributed by atoms with Crippen LogP contribution in [0.15, 0.2) is 18.2 Å². The maximum Gasteiger partial charge on any atom is 0.422 e. The van der Waals surface area contributed by atoms with E-state index in [-0.39, 0.29) is 29.2 Å². The highest BCUT2D eigenvalue weighted by molar-refractivity contribution is 6.32. The van der Waals surface area contributed by atoms with Gasteiger partial charge >= 0.3 is 6.18 Å². The number of nitrogens with two attached hydrogens (primary N) is 1. The molecule has 0 fully saturated rings. The first kappa shape index (κ1) is 16.4. The second kappa shape index (κ2) is 6.33. The molecular formula is C10H12Cl2F3NO. The molecular weight excluding hydrogens is 278 g/mol. The van der Waals surface area contributed by atoms with Crippen molar-refractivity contribution >= 4 is 24.0 Å². The van der Waals surface area contributed by atoms with Crippen molar-refractivity contribution < 1.29 is 17.9 Å². The van der Waals surface area contributed by atoms with Gasteiger partial charge in [0, 0.05) is 6.04 Å². The van der Waals surface area contributed by atoms with Gasteiger partial charge in [-0.15, -0.1) is 12.4 Å². The summed E-state index contributed by atoms with van der Waals surface area (Å²) in [4.78, 5) is 0. The molecule has 1 rings (SSSR count). The Bertz CT molecular complexity index is 369. The number of halogens is 5. The maximum absolute atomic E-state index is 11.9. The van der Waals surface area contributed by atoms with Gasteiger partial charge in [-0.1, -0.05) is 17.7 Å². The average molecular weight is 290 g/mol. The van der Waals surface area contributed by atoms with Gasteiger partial charge in [0.1, 0.15) is 5.75 Å². The molecule has 1 unspecified atom stereocenters. The lowest BCUT2D eigenvalue weighted by molar-refractivity contribution is -0.153. The van der Waals surface area contributed by atoms with Gasteiger partial charge in [-0.3, -0.25) is 0 Å². The molecule has 0 aromatic heterocycles. The third-order valence-electron chi connectivity index (χ3n) is 1.87. The van der Waals surface area contributed by atoms with Crippen LogP contribution in [0.5, 0.6) is 5.75 Å². The van der Waals surface area contributed by atoms with Crippen molar-refractivity contribution in [3.8, 4) is 5.75 Å². The van der Waals surface area contributed by atoms with Crippen molar-refractivity contribution in [2.75, 3.05) is 6.61 Å². The highest BCUT2D eigenvalue weighted by Crippen LogP contribution is 2.28. The predicted octanol–water partition coefficient (Wildman–Crippen LogP) is 3.72. The molecule has 0 bridgehead atoms. The summed E-state index contributed by atoms with van der Waals surface area (Å²) < 4.78 is 40.2. The van der Waals surface area contributed by atoms with Gasteiger partial charge < -0.3 is 10.5 Å². The Morgan fingerprint density at radius 3 is 2.41 bits per heavy atom. The largest absolute Gasteiger partial charge is 0.483 e. The van der Waals surface area contributed by atoms with Crippen LogP contribution in [0.4, 0.5) is 13.2 Å². The van der Waals surface area contributed by atoms with Crippen LogP contribution in [0.25, 0.3) is 0 Å². The number of alkyl halides is 3. The van der Waals surface area contributed by atoms with Crippen LogP contribution in [-0.2, 0) is 0 Å². The third kappa shape index (κ3) is 5.48. The minimum atomic E-state index is -4.37. The van der Waals surface area contributed by atoms with Crippen LogP contribution >= 0.6 is 24.0 Å². The van der Waals surface area contributed by atoms with Crippen molar-refractivity contribution in [3.05, 3.63) is 28.8 Å². The molecule has 98 valence electrons. The smallest absolute Gasteiger partial charge is 0.422 e. The monoisotopic (exact) mass is 289 g/mol. The van der Waals surface area contributed by atoms with E-state index in [1.54, 1.807) is 13.0 Å². The van der Waals surface area contributed by atoms with Gasteiger partial charge in [0.25, 0.3) is 0 Å². The summed E-state index contributed by atoms with van der Waals surface area (Å²) >= 11 is 5.75. The lowest BCUT2D eigenvalue weighted by Gasteiger charge is -2.12. The topological polar surface area (TPSA) is 35.2 Å². The molecule has 0 spiro atoms. The van der Waals surface area contributed by atoms with Crippen molar-refractivity contribution in [2.24, 2.45) is 5.73 Å². The molecule has 0 aliphatic heterocycles. The fourth-order valence-electron chi connectivity index (χ4n) is 1.08. The standard InChI is InChI=1S/C10H11ClF3NO.ClH/c1-6(15)7-2-3-9(8(11)4-7)16-5-10(12,13)14;/h2-4,6H,5,15H2,1H3;1H. The first-order valence-corrected chi connectivity index (χ1v) is 4.92. The summed E-state index contributed by atoms with van der Waals surface area (Å²) in [6.45, 7) is 0.395. The Hall–Kier alpha value is -0.650. The van der Waals surface area contributed by atoms with Crippen LogP contribution in [0.3, 0.4) is 0 Å².